The SMILES string of the molecule is CC(C)(C)OC(=O)N1CCN[C@@H](CNc2c(C(=O)O)ccc(Br)c2Cl)C1. The van der Waals surface area contributed by atoms with Gasteiger partial charge >= 0.3 is 12.1 Å². The largest absolute Gasteiger partial charge is 0.478 e. The predicted octanol–water partition coefficient (Wildman–Crippen LogP) is 3.42. The third-order valence-electron chi connectivity index (χ3n) is 3.76. The van der Waals surface area contributed by atoms with Crippen molar-refractivity contribution in [3.8, 4) is 0 Å². The molecule has 0 saturated carbocycles. The molecule has 1 fully saturated rings. The maximum absolute atomic E-state index is 12.2. The monoisotopic (exact) mass is 447 g/mol. The van der Waals surface area contributed by atoms with Crippen molar-refractivity contribution in [3.05, 3.63) is 27.2 Å². The van der Waals surface area contributed by atoms with Crippen LogP contribution < -0.4 is 10.6 Å². The second-order valence-corrected chi connectivity index (χ2v) is 8.28. The molecule has 0 bridgehead atoms. The molecule has 0 spiro atoms. The summed E-state index contributed by atoms with van der Waals surface area (Å²) >= 11 is 9.54. The molecule has 1 saturated heterocycles. The summed E-state index contributed by atoms with van der Waals surface area (Å²) in [4.78, 5) is 25.3. The Labute approximate surface area is 166 Å². The van der Waals surface area contributed by atoms with Crippen LogP contribution in [0.4, 0.5) is 10.5 Å². The first-order valence-corrected chi connectivity index (χ1v) is 9.42. The second kappa shape index (κ2) is 8.45. The van der Waals surface area contributed by atoms with Crippen LogP contribution in [0.2, 0.25) is 5.02 Å². The molecule has 7 nitrogen and oxygen atoms in total. The Morgan fingerprint density at radius 1 is 1.46 bits per heavy atom. The molecule has 1 heterocycles. The zero-order valence-electron chi connectivity index (χ0n) is 14.9. The lowest BCUT2D eigenvalue weighted by Crippen LogP contribution is -2.55. The zero-order valence-corrected chi connectivity index (χ0v) is 17.3. The first-order valence-electron chi connectivity index (χ1n) is 8.25. The van der Waals surface area contributed by atoms with Crippen molar-refractivity contribution in [1.82, 2.24) is 10.2 Å². The van der Waals surface area contributed by atoms with Gasteiger partial charge < -0.3 is 25.4 Å². The molecular formula is C17H23BrClN3O4. The quantitative estimate of drug-likeness (QED) is 0.654. The lowest BCUT2D eigenvalue weighted by atomic mass is 10.1. The number of carboxylic acids is 1. The van der Waals surface area contributed by atoms with Crippen LogP contribution in [0, 0.1) is 0 Å². The molecule has 0 radical (unpaired) electrons. The van der Waals surface area contributed by atoms with Crippen molar-refractivity contribution in [2.24, 2.45) is 0 Å². The molecule has 0 aromatic heterocycles. The number of carbonyl (C=O) groups excluding carboxylic acids is 1. The third kappa shape index (κ3) is 5.49. The predicted molar refractivity (Wildman–Crippen MR) is 104 cm³/mol. The molecule has 0 aliphatic carbocycles. The van der Waals surface area contributed by atoms with Gasteiger partial charge in [-0.3, -0.25) is 0 Å². The van der Waals surface area contributed by atoms with Crippen LogP contribution in [-0.2, 0) is 4.74 Å². The average Bonchev–Trinajstić information content (AvgIpc) is 2.54. The van der Waals surface area contributed by atoms with Crippen LogP contribution in [0.15, 0.2) is 16.6 Å². The van der Waals surface area contributed by atoms with Gasteiger partial charge in [-0.15, -0.1) is 0 Å². The van der Waals surface area contributed by atoms with Crippen molar-refractivity contribution in [2.75, 3.05) is 31.5 Å². The highest BCUT2D eigenvalue weighted by atomic mass is 79.9. The lowest BCUT2D eigenvalue weighted by Gasteiger charge is -2.35. The summed E-state index contributed by atoms with van der Waals surface area (Å²) in [6, 6.07) is 3.02. The highest BCUT2D eigenvalue weighted by Gasteiger charge is 2.27. The number of amides is 1. The molecule has 1 aliphatic rings. The van der Waals surface area contributed by atoms with E-state index >= 15 is 0 Å². The number of hydrogen-bond acceptors (Lipinski definition) is 5. The molecule has 3 N–H and O–H groups in total. The van der Waals surface area contributed by atoms with Gasteiger partial charge in [0.15, 0.2) is 0 Å². The number of benzene rings is 1. The Morgan fingerprint density at radius 3 is 2.77 bits per heavy atom. The van der Waals surface area contributed by atoms with Gasteiger partial charge in [0.2, 0.25) is 0 Å². The van der Waals surface area contributed by atoms with Gasteiger partial charge in [-0.1, -0.05) is 11.6 Å². The summed E-state index contributed by atoms with van der Waals surface area (Å²) in [5.41, 5.74) is -0.0987. The van der Waals surface area contributed by atoms with Crippen LogP contribution in [0.1, 0.15) is 31.1 Å². The van der Waals surface area contributed by atoms with E-state index in [1.807, 2.05) is 20.8 Å². The Kier molecular flexibility index (Phi) is 6.76. The van der Waals surface area contributed by atoms with E-state index in [2.05, 4.69) is 26.6 Å². The van der Waals surface area contributed by atoms with Crippen molar-refractivity contribution < 1.29 is 19.4 Å². The van der Waals surface area contributed by atoms with E-state index < -0.39 is 11.6 Å². The normalized spacial score (nSPS) is 17.7. The minimum Gasteiger partial charge on any atom is -0.478 e. The van der Waals surface area contributed by atoms with Gasteiger partial charge in [-0.25, -0.2) is 9.59 Å². The number of aromatic carboxylic acids is 1. The first kappa shape index (κ1) is 20.8. The summed E-state index contributed by atoms with van der Waals surface area (Å²) in [6.07, 6.45) is -0.351. The van der Waals surface area contributed by atoms with Crippen LogP contribution in [-0.4, -0.2) is 59.9 Å². The molecule has 144 valence electrons. The van der Waals surface area contributed by atoms with Crippen LogP contribution >= 0.6 is 27.5 Å². The Bertz CT molecular complexity index is 693. The van der Waals surface area contributed by atoms with Crippen LogP contribution in [0.25, 0.3) is 0 Å². The number of ether oxygens (including phenoxy) is 1. The highest BCUT2D eigenvalue weighted by molar-refractivity contribution is 9.10. The van der Waals surface area contributed by atoms with Crippen LogP contribution in [0.5, 0.6) is 0 Å². The van der Waals surface area contributed by atoms with E-state index in [9.17, 15) is 14.7 Å². The summed E-state index contributed by atoms with van der Waals surface area (Å²) in [5.74, 6) is -1.06. The standard InChI is InChI=1S/C17H23BrClN3O4/c1-17(2,3)26-16(25)22-7-6-20-10(9-22)8-21-14-11(15(23)24)4-5-12(18)13(14)19/h4-5,10,20-21H,6-9H2,1-3H3,(H,23,24)/t10-/m0/s1. The van der Waals surface area contributed by atoms with E-state index in [1.165, 1.54) is 6.07 Å². The van der Waals surface area contributed by atoms with Gasteiger partial charge in [-0.05, 0) is 48.8 Å². The summed E-state index contributed by atoms with van der Waals surface area (Å²) < 4.78 is 6.02. The summed E-state index contributed by atoms with van der Waals surface area (Å²) in [6.45, 7) is 7.54. The number of hydrogen-bond donors (Lipinski definition) is 3. The van der Waals surface area contributed by atoms with Crippen molar-refractivity contribution in [1.29, 1.82) is 0 Å². The van der Waals surface area contributed by atoms with Gasteiger partial charge in [0.25, 0.3) is 0 Å². The molecule has 9 heteroatoms. The summed E-state index contributed by atoms with van der Waals surface area (Å²) in [7, 11) is 0. The topological polar surface area (TPSA) is 90.9 Å². The highest BCUT2D eigenvalue weighted by Crippen LogP contribution is 2.33. The van der Waals surface area contributed by atoms with E-state index in [1.54, 1.807) is 11.0 Å². The first-order chi connectivity index (χ1) is 12.1. The Balaban J connectivity index is 2.03. The van der Waals surface area contributed by atoms with Gasteiger partial charge in [-0.2, -0.15) is 0 Å². The maximum atomic E-state index is 12.2. The minimum absolute atomic E-state index is 0.0621. The number of carboxylic acid groups (broad SMARTS) is 1. The molecule has 0 unspecified atom stereocenters. The van der Waals surface area contributed by atoms with E-state index in [-0.39, 0.29) is 17.7 Å². The molecule has 1 aromatic rings. The molecule has 1 aliphatic heterocycles. The van der Waals surface area contributed by atoms with Crippen molar-refractivity contribution in [3.63, 3.8) is 0 Å². The number of piperazine rings is 1. The summed E-state index contributed by atoms with van der Waals surface area (Å²) in [5, 5.41) is 16.1. The van der Waals surface area contributed by atoms with Crippen molar-refractivity contribution in [2.45, 2.75) is 32.4 Å². The molecular weight excluding hydrogens is 426 g/mol. The number of nitrogens with one attached hydrogen (secondary N) is 2. The molecule has 1 amide bonds. The average molecular weight is 449 g/mol. The molecule has 1 aromatic carbocycles. The third-order valence-corrected chi connectivity index (χ3v) is 5.04. The fourth-order valence-corrected chi connectivity index (χ4v) is 3.14. The van der Waals surface area contributed by atoms with Crippen LogP contribution in [0.3, 0.4) is 0 Å². The maximum Gasteiger partial charge on any atom is 0.410 e. The number of rotatable bonds is 4. The minimum atomic E-state index is -1.06. The molecule has 26 heavy (non-hydrogen) atoms. The number of carbonyl (C=O) groups is 2. The van der Waals surface area contributed by atoms with Gasteiger partial charge in [0.05, 0.1) is 16.3 Å². The molecule has 1 atom stereocenters. The van der Waals surface area contributed by atoms with Crippen molar-refractivity contribution >= 4 is 45.3 Å². The smallest absolute Gasteiger partial charge is 0.410 e. The number of nitrogens with zero attached hydrogens (tertiary/aromatic N) is 1. The Morgan fingerprint density at radius 2 is 2.15 bits per heavy atom. The van der Waals surface area contributed by atoms with E-state index in [4.69, 9.17) is 16.3 Å². The zero-order chi connectivity index (χ0) is 19.5. The fourth-order valence-electron chi connectivity index (χ4n) is 2.58. The van der Waals surface area contributed by atoms with E-state index in [0.29, 0.717) is 41.4 Å². The molecule has 2 rings (SSSR count). The fraction of sp³-hybridized carbons (Fsp3) is 0.529. The van der Waals surface area contributed by atoms with Gasteiger partial charge in [0.1, 0.15) is 5.60 Å². The Hall–Kier alpha value is -1.51. The van der Waals surface area contributed by atoms with E-state index in [0.717, 1.165) is 0 Å². The number of anilines is 1. The van der Waals surface area contributed by atoms with Gasteiger partial charge in [0, 0.05) is 36.7 Å². The number of halogens is 2. The second-order valence-electron chi connectivity index (χ2n) is 7.05. The lowest BCUT2D eigenvalue weighted by molar-refractivity contribution is 0.0199.